The quantitative estimate of drug-likeness (QED) is 0.491. The largest absolute Gasteiger partial charge is 0.418 e. The molecule has 0 aliphatic rings. The van der Waals surface area contributed by atoms with Gasteiger partial charge < -0.3 is 4.18 Å². The minimum atomic E-state index is 0.646. The monoisotopic (exact) mass is 154 g/mol. The lowest BCUT2D eigenvalue weighted by Gasteiger charge is -1.95. The summed E-state index contributed by atoms with van der Waals surface area (Å²) in [5, 5.41) is 0. The Bertz CT molecular complexity index is 198. The van der Waals surface area contributed by atoms with E-state index in [1.807, 2.05) is 18.2 Å². The molecule has 0 saturated carbocycles. The number of para-hydroxylation sites is 1. The first-order chi connectivity index (χ1) is 4.93. The number of carbonyl (C=O) groups excluding carboxylic acids is 1. The van der Waals surface area contributed by atoms with Gasteiger partial charge in [-0.1, -0.05) is 18.2 Å². The Labute approximate surface area is 63.4 Å². The van der Waals surface area contributed by atoms with E-state index in [2.05, 4.69) is 0 Å². The fourth-order valence-electron chi connectivity index (χ4n) is 0.551. The van der Waals surface area contributed by atoms with Crippen LogP contribution in [0.4, 0.5) is 0 Å². The summed E-state index contributed by atoms with van der Waals surface area (Å²) >= 11 is 0.781. The van der Waals surface area contributed by atoms with E-state index >= 15 is 0 Å². The molecule has 0 unspecified atom stereocenters. The highest BCUT2D eigenvalue weighted by Gasteiger charge is 1.88. The molecule has 0 radical (unpaired) electrons. The van der Waals surface area contributed by atoms with Gasteiger partial charge in [0.05, 0.1) is 0 Å². The van der Waals surface area contributed by atoms with Crippen molar-refractivity contribution in [3.8, 4) is 5.75 Å². The Hall–Kier alpha value is -0.960. The first kappa shape index (κ1) is 7.15. The number of benzene rings is 1. The van der Waals surface area contributed by atoms with Gasteiger partial charge in [-0.25, -0.2) is 0 Å². The van der Waals surface area contributed by atoms with Crippen molar-refractivity contribution in [3.05, 3.63) is 30.3 Å². The van der Waals surface area contributed by atoms with E-state index < -0.39 is 0 Å². The van der Waals surface area contributed by atoms with Gasteiger partial charge in [0.25, 0.3) is 0 Å². The van der Waals surface area contributed by atoms with Crippen LogP contribution in [0.15, 0.2) is 30.3 Å². The van der Waals surface area contributed by atoms with Crippen molar-refractivity contribution in [2.24, 2.45) is 0 Å². The Kier molecular flexibility index (Phi) is 2.83. The van der Waals surface area contributed by atoms with E-state index in [0.717, 1.165) is 12.0 Å². The fourth-order valence-corrected chi connectivity index (χ4v) is 0.813. The fraction of sp³-hybridized carbons (Fsp3) is 0. The molecular formula is C7H6O2S. The normalized spacial score (nSPS) is 8.80. The van der Waals surface area contributed by atoms with E-state index in [0.29, 0.717) is 11.4 Å². The minimum Gasteiger partial charge on any atom is -0.418 e. The number of carbonyl (C=O) groups is 1. The maximum absolute atomic E-state index is 9.82. The molecular weight excluding hydrogens is 148 g/mol. The van der Waals surface area contributed by atoms with Gasteiger partial charge in [-0.2, -0.15) is 0 Å². The summed E-state index contributed by atoms with van der Waals surface area (Å²) in [6.07, 6.45) is 0. The first-order valence-corrected chi connectivity index (χ1v) is 3.56. The molecule has 0 aromatic heterocycles. The van der Waals surface area contributed by atoms with Gasteiger partial charge in [-0.3, -0.25) is 4.79 Å². The molecule has 10 heavy (non-hydrogen) atoms. The molecule has 0 bridgehead atoms. The van der Waals surface area contributed by atoms with Crippen molar-refractivity contribution in [1.29, 1.82) is 0 Å². The number of rotatable bonds is 3. The van der Waals surface area contributed by atoms with Crippen LogP contribution in [0.25, 0.3) is 0 Å². The topological polar surface area (TPSA) is 26.3 Å². The second-order valence-corrected chi connectivity index (χ2v) is 2.14. The molecule has 0 aliphatic carbocycles. The summed E-state index contributed by atoms with van der Waals surface area (Å²) in [6.45, 7) is 0. The number of hydrogen-bond acceptors (Lipinski definition) is 3. The third-order valence-corrected chi connectivity index (χ3v) is 1.29. The predicted octanol–water partition coefficient (Wildman–Crippen LogP) is 1.90. The van der Waals surface area contributed by atoms with Crippen molar-refractivity contribution < 1.29 is 8.98 Å². The molecule has 0 N–H and O–H groups in total. The van der Waals surface area contributed by atoms with Gasteiger partial charge in [0.1, 0.15) is 17.8 Å². The van der Waals surface area contributed by atoms with Crippen LogP contribution in [-0.4, -0.2) is 5.62 Å². The van der Waals surface area contributed by atoms with Gasteiger partial charge in [0, 0.05) is 0 Å². The van der Waals surface area contributed by atoms with Crippen LogP contribution in [0.5, 0.6) is 5.75 Å². The smallest absolute Gasteiger partial charge is 0.215 e. The van der Waals surface area contributed by atoms with Gasteiger partial charge in [0.15, 0.2) is 0 Å². The summed E-state index contributed by atoms with van der Waals surface area (Å²) in [5.74, 6) is 0.694. The lowest BCUT2D eigenvalue weighted by Crippen LogP contribution is -1.78. The second kappa shape index (κ2) is 3.95. The Morgan fingerprint density at radius 2 is 2.00 bits per heavy atom. The molecule has 0 amide bonds. The van der Waals surface area contributed by atoms with Gasteiger partial charge in [-0.05, 0) is 12.1 Å². The summed E-state index contributed by atoms with van der Waals surface area (Å²) < 4.78 is 4.90. The Morgan fingerprint density at radius 1 is 1.30 bits per heavy atom. The average Bonchev–Trinajstić information content (AvgIpc) is 2.03. The Morgan fingerprint density at radius 3 is 2.60 bits per heavy atom. The minimum absolute atomic E-state index is 0.646. The average molecular weight is 154 g/mol. The first-order valence-electron chi connectivity index (χ1n) is 2.75. The highest BCUT2D eigenvalue weighted by molar-refractivity contribution is 8.08. The summed E-state index contributed by atoms with van der Waals surface area (Å²) in [5.41, 5.74) is 0.646. The van der Waals surface area contributed by atoms with Crippen molar-refractivity contribution in [3.63, 3.8) is 0 Å². The highest BCUT2D eigenvalue weighted by atomic mass is 32.2. The molecule has 1 rings (SSSR count). The molecule has 52 valence electrons. The third-order valence-electron chi connectivity index (χ3n) is 0.927. The van der Waals surface area contributed by atoms with E-state index in [-0.39, 0.29) is 0 Å². The molecule has 3 heteroatoms. The molecule has 1 aromatic carbocycles. The standard InChI is InChI=1S/C7H6O2S/c8-6-10-9-7-4-2-1-3-5-7/h1-6H. The van der Waals surface area contributed by atoms with Crippen LogP contribution in [-0.2, 0) is 4.79 Å². The maximum atomic E-state index is 9.82. The van der Waals surface area contributed by atoms with Crippen molar-refractivity contribution in [1.82, 2.24) is 0 Å². The highest BCUT2D eigenvalue weighted by Crippen LogP contribution is 2.12. The van der Waals surface area contributed by atoms with Crippen molar-refractivity contribution in [2.45, 2.75) is 0 Å². The zero-order valence-corrected chi connectivity index (χ0v) is 6.01. The van der Waals surface area contributed by atoms with Crippen LogP contribution in [0, 0.1) is 0 Å². The Balaban J connectivity index is 2.50. The van der Waals surface area contributed by atoms with Gasteiger partial charge in [0.2, 0.25) is 5.62 Å². The van der Waals surface area contributed by atoms with E-state index in [1.54, 1.807) is 12.1 Å². The molecule has 0 atom stereocenters. The van der Waals surface area contributed by atoms with Crippen LogP contribution in [0.3, 0.4) is 0 Å². The van der Waals surface area contributed by atoms with Gasteiger partial charge in [-0.15, -0.1) is 0 Å². The van der Waals surface area contributed by atoms with Crippen LogP contribution >= 0.6 is 12.0 Å². The third kappa shape index (κ3) is 2.11. The lowest BCUT2D eigenvalue weighted by molar-refractivity contribution is 0.565. The van der Waals surface area contributed by atoms with Crippen molar-refractivity contribution >= 4 is 17.7 Å². The SMILES string of the molecule is O=CSOc1ccccc1. The zero-order chi connectivity index (χ0) is 7.23. The molecule has 0 saturated heterocycles. The van der Waals surface area contributed by atoms with Crippen LogP contribution in [0.1, 0.15) is 0 Å². The summed E-state index contributed by atoms with van der Waals surface area (Å²) in [4.78, 5) is 9.82. The molecule has 1 aromatic rings. The molecule has 0 aliphatic heterocycles. The van der Waals surface area contributed by atoms with E-state index in [1.165, 1.54) is 0 Å². The number of hydrogen-bond donors (Lipinski definition) is 0. The molecule has 0 heterocycles. The maximum Gasteiger partial charge on any atom is 0.215 e. The molecule has 0 spiro atoms. The van der Waals surface area contributed by atoms with Gasteiger partial charge >= 0.3 is 0 Å². The summed E-state index contributed by atoms with van der Waals surface area (Å²) in [6, 6.07) is 9.16. The molecule has 2 nitrogen and oxygen atoms in total. The predicted molar refractivity (Wildman–Crippen MR) is 41.4 cm³/mol. The summed E-state index contributed by atoms with van der Waals surface area (Å²) in [7, 11) is 0. The molecule has 0 fully saturated rings. The van der Waals surface area contributed by atoms with E-state index in [9.17, 15) is 4.79 Å². The van der Waals surface area contributed by atoms with Crippen LogP contribution in [0.2, 0.25) is 0 Å². The van der Waals surface area contributed by atoms with Crippen LogP contribution < -0.4 is 4.18 Å². The lowest BCUT2D eigenvalue weighted by atomic mass is 10.3. The second-order valence-electron chi connectivity index (χ2n) is 1.59. The van der Waals surface area contributed by atoms with E-state index in [4.69, 9.17) is 4.18 Å². The zero-order valence-electron chi connectivity index (χ0n) is 5.19. The van der Waals surface area contributed by atoms with Crippen molar-refractivity contribution in [2.75, 3.05) is 0 Å².